The zero-order valence-electron chi connectivity index (χ0n) is 12.0. The Morgan fingerprint density at radius 1 is 1.05 bits per heavy atom. The lowest BCUT2D eigenvalue weighted by Crippen LogP contribution is -2.39. The standard InChI is InChI=1S/C17H23NO/c1-13-4-6-16-11-14(5-7-15(16)10-13)12-18-17(2,3)8-9-19/h4-7,10-11,18-19H,8-9,12H2,1-3H3. The highest BCUT2D eigenvalue weighted by Crippen LogP contribution is 2.18. The first kappa shape index (κ1) is 14.0. The molecule has 2 nitrogen and oxygen atoms in total. The second-order valence-corrected chi connectivity index (χ2v) is 5.90. The smallest absolute Gasteiger partial charge is 0.0448 e. The van der Waals surface area contributed by atoms with Crippen LogP contribution < -0.4 is 5.32 Å². The SMILES string of the molecule is Cc1ccc2cc(CNC(C)(C)CCO)ccc2c1. The lowest BCUT2D eigenvalue weighted by atomic mass is 10.00. The molecular formula is C17H23NO. The van der Waals surface area contributed by atoms with Crippen molar-refractivity contribution in [2.24, 2.45) is 0 Å². The highest BCUT2D eigenvalue weighted by atomic mass is 16.3. The van der Waals surface area contributed by atoms with Crippen LogP contribution in [0.4, 0.5) is 0 Å². The van der Waals surface area contributed by atoms with Gasteiger partial charge in [-0.15, -0.1) is 0 Å². The van der Waals surface area contributed by atoms with Crippen LogP contribution in [0.5, 0.6) is 0 Å². The minimum atomic E-state index is -0.0308. The molecule has 2 aromatic carbocycles. The third kappa shape index (κ3) is 3.79. The van der Waals surface area contributed by atoms with Crippen LogP contribution in [0, 0.1) is 6.92 Å². The van der Waals surface area contributed by atoms with Crippen molar-refractivity contribution < 1.29 is 5.11 Å². The Kier molecular flexibility index (Phi) is 4.23. The molecule has 0 radical (unpaired) electrons. The molecular weight excluding hydrogens is 234 g/mol. The van der Waals surface area contributed by atoms with Crippen LogP contribution in [0.2, 0.25) is 0 Å². The maximum atomic E-state index is 9.03. The predicted molar refractivity (Wildman–Crippen MR) is 81.3 cm³/mol. The molecule has 0 bridgehead atoms. The van der Waals surface area contributed by atoms with Gasteiger partial charge < -0.3 is 10.4 Å². The largest absolute Gasteiger partial charge is 0.396 e. The van der Waals surface area contributed by atoms with E-state index in [2.05, 4.69) is 62.5 Å². The molecule has 0 saturated heterocycles. The fourth-order valence-corrected chi connectivity index (χ4v) is 2.23. The van der Waals surface area contributed by atoms with Crippen molar-refractivity contribution in [3.05, 3.63) is 47.5 Å². The molecule has 0 atom stereocenters. The number of hydrogen-bond donors (Lipinski definition) is 2. The van der Waals surface area contributed by atoms with Crippen molar-refractivity contribution in [2.45, 2.75) is 39.3 Å². The van der Waals surface area contributed by atoms with E-state index in [9.17, 15) is 0 Å². The maximum Gasteiger partial charge on any atom is 0.0448 e. The first-order chi connectivity index (χ1) is 9.00. The predicted octanol–water partition coefficient (Wildman–Crippen LogP) is 3.40. The average Bonchev–Trinajstić information content (AvgIpc) is 2.36. The van der Waals surface area contributed by atoms with E-state index in [1.54, 1.807) is 0 Å². The zero-order valence-corrected chi connectivity index (χ0v) is 12.0. The molecule has 2 rings (SSSR count). The molecule has 102 valence electrons. The molecule has 0 aliphatic heterocycles. The molecule has 2 N–H and O–H groups in total. The summed E-state index contributed by atoms with van der Waals surface area (Å²) in [4.78, 5) is 0. The van der Waals surface area contributed by atoms with Crippen LogP contribution >= 0.6 is 0 Å². The van der Waals surface area contributed by atoms with Gasteiger partial charge in [0.2, 0.25) is 0 Å². The van der Waals surface area contributed by atoms with Crippen LogP contribution in [0.3, 0.4) is 0 Å². The van der Waals surface area contributed by atoms with Gasteiger partial charge in [0.25, 0.3) is 0 Å². The number of nitrogens with one attached hydrogen (secondary N) is 1. The monoisotopic (exact) mass is 257 g/mol. The minimum Gasteiger partial charge on any atom is -0.396 e. The minimum absolute atomic E-state index is 0.0308. The molecule has 19 heavy (non-hydrogen) atoms. The maximum absolute atomic E-state index is 9.03. The summed E-state index contributed by atoms with van der Waals surface area (Å²) in [6.45, 7) is 7.40. The second-order valence-electron chi connectivity index (χ2n) is 5.90. The van der Waals surface area contributed by atoms with Gasteiger partial charge in [-0.1, -0.05) is 35.9 Å². The van der Waals surface area contributed by atoms with Gasteiger partial charge in [0.05, 0.1) is 0 Å². The van der Waals surface area contributed by atoms with Crippen LogP contribution in [-0.2, 0) is 6.54 Å². The molecule has 2 heteroatoms. The van der Waals surface area contributed by atoms with Crippen LogP contribution in [-0.4, -0.2) is 17.3 Å². The van der Waals surface area contributed by atoms with Crippen LogP contribution in [0.1, 0.15) is 31.4 Å². The molecule has 0 heterocycles. The summed E-state index contributed by atoms with van der Waals surface area (Å²) in [5, 5.41) is 15.1. The van der Waals surface area contributed by atoms with E-state index >= 15 is 0 Å². The molecule has 0 aromatic heterocycles. The molecule has 2 aromatic rings. The van der Waals surface area contributed by atoms with E-state index in [1.807, 2.05) is 0 Å². The molecule has 0 aliphatic rings. The first-order valence-corrected chi connectivity index (χ1v) is 6.85. The summed E-state index contributed by atoms with van der Waals surface area (Å²) in [7, 11) is 0. The summed E-state index contributed by atoms with van der Waals surface area (Å²) >= 11 is 0. The topological polar surface area (TPSA) is 32.3 Å². The fourth-order valence-electron chi connectivity index (χ4n) is 2.23. The number of aliphatic hydroxyl groups excluding tert-OH is 1. The van der Waals surface area contributed by atoms with Crippen molar-refractivity contribution in [1.29, 1.82) is 0 Å². The molecule has 0 spiro atoms. The van der Waals surface area contributed by atoms with Gasteiger partial charge in [0.1, 0.15) is 0 Å². The molecule has 0 unspecified atom stereocenters. The lowest BCUT2D eigenvalue weighted by molar-refractivity contribution is 0.230. The number of rotatable bonds is 5. The van der Waals surface area contributed by atoms with Gasteiger partial charge in [0.15, 0.2) is 0 Å². The Bertz CT molecular complexity index is 560. The van der Waals surface area contributed by atoms with Crippen LogP contribution in [0.15, 0.2) is 36.4 Å². The van der Waals surface area contributed by atoms with Crippen molar-refractivity contribution in [1.82, 2.24) is 5.32 Å². The number of aliphatic hydroxyl groups is 1. The highest BCUT2D eigenvalue weighted by Gasteiger charge is 2.15. The number of hydrogen-bond acceptors (Lipinski definition) is 2. The van der Waals surface area contributed by atoms with E-state index in [-0.39, 0.29) is 12.1 Å². The lowest BCUT2D eigenvalue weighted by Gasteiger charge is -2.25. The fraction of sp³-hybridized carbons (Fsp3) is 0.412. The third-order valence-electron chi connectivity index (χ3n) is 3.57. The number of benzene rings is 2. The van der Waals surface area contributed by atoms with E-state index in [4.69, 9.17) is 5.11 Å². The Labute approximate surface area is 115 Å². The quantitative estimate of drug-likeness (QED) is 0.860. The Morgan fingerprint density at radius 2 is 1.74 bits per heavy atom. The van der Waals surface area contributed by atoms with Gasteiger partial charge in [0, 0.05) is 18.7 Å². The van der Waals surface area contributed by atoms with E-state index < -0.39 is 0 Å². The number of aryl methyl sites for hydroxylation is 1. The zero-order chi connectivity index (χ0) is 13.9. The Morgan fingerprint density at radius 3 is 2.47 bits per heavy atom. The summed E-state index contributed by atoms with van der Waals surface area (Å²) in [5.74, 6) is 0. The first-order valence-electron chi connectivity index (χ1n) is 6.85. The van der Waals surface area contributed by atoms with Gasteiger partial charge in [-0.05, 0) is 49.6 Å². The number of fused-ring (bicyclic) bond motifs is 1. The highest BCUT2D eigenvalue weighted by molar-refractivity contribution is 5.83. The van der Waals surface area contributed by atoms with Crippen molar-refractivity contribution >= 4 is 10.8 Å². The summed E-state index contributed by atoms with van der Waals surface area (Å²) in [6, 6.07) is 13.1. The third-order valence-corrected chi connectivity index (χ3v) is 3.57. The van der Waals surface area contributed by atoms with Crippen LogP contribution in [0.25, 0.3) is 10.8 Å². The van der Waals surface area contributed by atoms with Crippen molar-refractivity contribution in [3.8, 4) is 0 Å². The van der Waals surface area contributed by atoms with Crippen molar-refractivity contribution in [2.75, 3.05) is 6.61 Å². The van der Waals surface area contributed by atoms with Gasteiger partial charge in [-0.2, -0.15) is 0 Å². The van der Waals surface area contributed by atoms with Gasteiger partial charge in [-0.3, -0.25) is 0 Å². The summed E-state index contributed by atoms with van der Waals surface area (Å²) in [5.41, 5.74) is 2.54. The van der Waals surface area contributed by atoms with Crippen molar-refractivity contribution in [3.63, 3.8) is 0 Å². The molecule has 0 fully saturated rings. The molecule has 0 saturated carbocycles. The van der Waals surface area contributed by atoms with E-state index in [0.29, 0.717) is 0 Å². The Balaban J connectivity index is 2.11. The Hall–Kier alpha value is -1.38. The summed E-state index contributed by atoms with van der Waals surface area (Å²) < 4.78 is 0. The van der Waals surface area contributed by atoms with E-state index in [1.165, 1.54) is 21.9 Å². The van der Waals surface area contributed by atoms with Gasteiger partial charge >= 0.3 is 0 Å². The average molecular weight is 257 g/mol. The normalized spacial score (nSPS) is 12.0. The van der Waals surface area contributed by atoms with Gasteiger partial charge in [-0.25, -0.2) is 0 Å². The molecule has 0 aliphatic carbocycles. The second kappa shape index (κ2) is 5.72. The van der Waals surface area contributed by atoms with E-state index in [0.717, 1.165) is 13.0 Å². The summed E-state index contributed by atoms with van der Waals surface area (Å²) in [6.07, 6.45) is 0.764. The molecule has 0 amide bonds.